The third-order valence-electron chi connectivity index (χ3n) is 1.13. The second kappa shape index (κ2) is 1.48. The summed E-state index contributed by atoms with van der Waals surface area (Å²) >= 11 is 0. The predicted octanol–water partition coefficient (Wildman–Crippen LogP) is 0.0621. The first-order chi connectivity index (χ1) is 3.29. The van der Waals surface area contributed by atoms with Gasteiger partial charge in [0.1, 0.15) is 4.87 Å². The largest absolute Gasteiger partial charge is 0.227 e. The van der Waals surface area contributed by atoms with Gasteiger partial charge in [0.25, 0.3) is 0 Å². The Bertz CT molecular complexity index is 91.7. The summed E-state index contributed by atoms with van der Waals surface area (Å²) in [5.41, 5.74) is 2.69. The van der Waals surface area contributed by atoms with Gasteiger partial charge in [0, 0.05) is 6.42 Å². The molecule has 1 fully saturated rings. The van der Waals surface area contributed by atoms with Gasteiger partial charge in [-0.1, -0.05) is 0 Å². The van der Waals surface area contributed by atoms with E-state index < -0.39 is 0 Å². The van der Waals surface area contributed by atoms with E-state index >= 15 is 0 Å². The third-order valence-corrected chi connectivity index (χ3v) is 1.13. The van der Waals surface area contributed by atoms with Crippen LogP contribution in [0.4, 0.5) is 0 Å². The van der Waals surface area contributed by atoms with Gasteiger partial charge in [0.15, 0.2) is 0 Å². The molecule has 3 heteroatoms. The van der Waals surface area contributed by atoms with Gasteiger partial charge < -0.3 is 0 Å². The van der Waals surface area contributed by atoms with Crippen LogP contribution in [0.15, 0.2) is 0 Å². The van der Waals surface area contributed by atoms with Crippen molar-refractivity contribution in [1.82, 2.24) is 5.43 Å². The number of hydrogen-bond donors (Lipinski definition) is 1. The molecule has 1 unspecified atom stereocenters. The summed E-state index contributed by atoms with van der Waals surface area (Å²) in [4.78, 5) is 11.1. The SMILES string of the molecule is CC1CC[N+](=O)N1. The Morgan fingerprint density at radius 2 is 2.57 bits per heavy atom. The fourth-order valence-electron chi connectivity index (χ4n) is 0.686. The standard InChI is InChI=1S/C4H9N2O/c1-4-2-3-6(7)5-4/h4H,2-3H2,1H3,(H,5,7)/q+1. The second-order valence-corrected chi connectivity index (χ2v) is 1.92. The van der Waals surface area contributed by atoms with E-state index in [0.29, 0.717) is 12.6 Å². The molecular formula is C4H9N2O+. The summed E-state index contributed by atoms with van der Waals surface area (Å²) in [5.74, 6) is 0. The highest BCUT2D eigenvalue weighted by Crippen LogP contribution is 1.96. The van der Waals surface area contributed by atoms with Crippen LogP contribution in [0.1, 0.15) is 13.3 Å². The fourth-order valence-corrected chi connectivity index (χ4v) is 0.686. The lowest BCUT2D eigenvalue weighted by Crippen LogP contribution is -2.23. The molecule has 0 radical (unpaired) electrons. The van der Waals surface area contributed by atoms with Gasteiger partial charge >= 0.3 is 0 Å². The fraction of sp³-hybridized carbons (Fsp3) is 1.00. The van der Waals surface area contributed by atoms with E-state index in [-0.39, 0.29) is 0 Å². The topological polar surface area (TPSA) is 32.1 Å². The molecule has 3 nitrogen and oxygen atoms in total. The molecule has 0 bridgehead atoms. The number of nitroso groups, excluding NO2 is 1. The molecule has 0 aromatic carbocycles. The van der Waals surface area contributed by atoms with Crippen molar-refractivity contribution in [3.63, 3.8) is 0 Å². The van der Waals surface area contributed by atoms with Crippen LogP contribution in [0, 0.1) is 4.91 Å². The number of rotatable bonds is 0. The van der Waals surface area contributed by atoms with Crippen molar-refractivity contribution in [1.29, 1.82) is 0 Å². The summed E-state index contributed by atoms with van der Waals surface area (Å²) in [5, 5.41) is 0. The van der Waals surface area contributed by atoms with Crippen molar-refractivity contribution in [3.8, 4) is 0 Å². The average molecular weight is 101 g/mol. The molecular weight excluding hydrogens is 92.1 g/mol. The minimum atomic E-state index is 0.387. The predicted molar refractivity (Wildman–Crippen MR) is 25.7 cm³/mol. The Kier molecular flexibility index (Phi) is 0.964. The zero-order chi connectivity index (χ0) is 5.28. The molecule has 7 heavy (non-hydrogen) atoms. The van der Waals surface area contributed by atoms with Crippen LogP contribution in [-0.4, -0.2) is 17.5 Å². The Labute approximate surface area is 42.3 Å². The van der Waals surface area contributed by atoms with E-state index in [1.54, 1.807) is 0 Å². The van der Waals surface area contributed by atoms with Crippen molar-refractivity contribution in [3.05, 3.63) is 4.91 Å². The average Bonchev–Trinajstić information content (AvgIpc) is 1.87. The maximum absolute atomic E-state index is 10.3. The van der Waals surface area contributed by atoms with E-state index in [2.05, 4.69) is 5.43 Å². The minimum Gasteiger partial charge on any atom is -0.150 e. The Morgan fingerprint density at radius 3 is 2.71 bits per heavy atom. The molecule has 1 rings (SSSR count). The number of nitrogens with zero attached hydrogens (tertiary/aromatic N) is 1. The Hall–Kier alpha value is -0.600. The maximum Gasteiger partial charge on any atom is 0.227 e. The summed E-state index contributed by atoms with van der Waals surface area (Å²) < 4.78 is 0. The summed E-state index contributed by atoms with van der Waals surface area (Å²) in [6.45, 7) is 2.64. The van der Waals surface area contributed by atoms with Gasteiger partial charge in [-0.2, -0.15) is 5.43 Å². The molecule has 1 atom stereocenters. The van der Waals surface area contributed by atoms with Gasteiger partial charge in [-0.15, -0.1) is 0 Å². The second-order valence-electron chi connectivity index (χ2n) is 1.92. The molecule has 0 aliphatic carbocycles. The highest BCUT2D eigenvalue weighted by Gasteiger charge is 2.22. The van der Waals surface area contributed by atoms with Crippen molar-refractivity contribution in [2.24, 2.45) is 0 Å². The zero-order valence-corrected chi connectivity index (χ0v) is 4.35. The summed E-state index contributed by atoms with van der Waals surface area (Å²) in [6.07, 6.45) is 0.976. The molecule has 1 aliphatic heterocycles. The van der Waals surface area contributed by atoms with Crippen molar-refractivity contribution in [2.45, 2.75) is 19.4 Å². The lowest BCUT2D eigenvalue weighted by atomic mass is 10.3. The smallest absolute Gasteiger partial charge is 0.150 e. The monoisotopic (exact) mass is 101 g/mol. The van der Waals surface area contributed by atoms with Crippen molar-refractivity contribution < 1.29 is 4.87 Å². The van der Waals surface area contributed by atoms with E-state index in [0.717, 1.165) is 11.3 Å². The highest BCUT2D eigenvalue weighted by atomic mass is 16.3. The molecule has 0 saturated carbocycles. The van der Waals surface area contributed by atoms with E-state index in [9.17, 15) is 4.91 Å². The third kappa shape index (κ3) is 0.885. The van der Waals surface area contributed by atoms with E-state index in [4.69, 9.17) is 0 Å². The van der Waals surface area contributed by atoms with Crippen LogP contribution in [0.3, 0.4) is 0 Å². The minimum absolute atomic E-state index is 0.387. The van der Waals surface area contributed by atoms with Gasteiger partial charge in [-0.05, 0) is 6.92 Å². The molecule has 0 aromatic rings. The Morgan fingerprint density at radius 1 is 1.86 bits per heavy atom. The summed E-state index contributed by atoms with van der Waals surface area (Å²) in [6, 6.07) is 0.387. The van der Waals surface area contributed by atoms with Crippen LogP contribution in [-0.2, 0) is 0 Å². The molecule has 1 aliphatic rings. The number of hydrazine groups is 1. The van der Waals surface area contributed by atoms with Crippen molar-refractivity contribution in [2.75, 3.05) is 6.54 Å². The van der Waals surface area contributed by atoms with Crippen LogP contribution in [0.5, 0.6) is 0 Å². The van der Waals surface area contributed by atoms with Gasteiger partial charge in [-0.25, -0.2) is 0 Å². The first-order valence-electron chi connectivity index (χ1n) is 2.50. The number of nitrogens with one attached hydrogen (secondary N) is 1. The van der Waals surface area contributed by atoms with Crippen molar-refractivity contribution >= 4 is 0 Å². The molecule has 1 N–H and O–H groups in total. The number of hydrogen-bond acceptors (Lipinski definition) is 1. The molecule has 0 aromatic heterocycles. The molecule has 1 saturated heterocycles. The summed E-state index contributed by atoms with van der Waals surface area (Å²) in [7, 11) is 0. The van der Waals surface area contributed by atoms with Gasteiger partial charge in [0.2, 0.25) is 6.54 Å². The van der Waals surface area contributed by atoms with Crippen LogP contribution in [0.25, 0.3) is 0 Å². The van der Waals surface area contributed by atoms with Gasteiger partial charge in [-0.3, -0.25) is 0 Å². The quantitative estimate of drug-likeness (QED) is 0.438. The first-order valence-corrected chi connectivity index (χ1v) is 2.50. The molecule has 1 heterocycles. The van der Waals surface area contributed by atoms with E-state index in [1.807, 2.05) is 6.92 Å². The lowest BCUT2D eigenvalue weighted by molar-refractivity contribution is -0.588. The van der Waals surface area contributed by atoms with Crippen LogP contribution < -0.4 is 5.43 Å². The van der Waals surface area contributed by atoms with Crippen LogP contribution >= 0.6 is 0 Å². The van der Waals surface area contributed by atoms with E-state index in [1.165, 1.54) is 0 Å². The molecule has 40 valence electrons. The van der Waals surface area contributed by atoms with Gasteiger partial charge in [0.05, 0.1) is 10.9 Å². The Balaban J connectivity index is 2.40. The molecule has 0 amide bonds. The molecule has 0 spiro atoms. The highest BCUT2D eigenvalue weighted by molar-refractivity contribution is 4.55. The van der Waals surface area contributed by atoms with Crippen LogP contribution in [0.2, 0.25) is 0 Å². The zero-order valence-electron chi connectivity index (χ0n) is 4.35. The maximum atomic E-state index is 10.3. The first kappa shape index (κ1) is 4.56. The normalized spacial score (nSPS) is 30.4. The lowest BCUT2D eigenvalue weighted by Gasteiger charge is -1.86.